The summed E-state index contributed by atoms with van der Waals surface area (Å²) in [4.78, 5) is 6.07. The monoisotopic (exact) mass is 254 g/mol. The van der Waals surface area contributed by atoms with Crippen molar-refractivity contribution in [1.82, 2.24) is 10.3 Å². The predicted octanol–water partition coefficient (Wildman–Crippen LogP) is 4.24. The summed E-state index contributed by atoms with van der Waals surface area (Å²) in [5.41, 5.74) is 1.18. The molecule has 0 aromatic carbocycles. The Balaban J connectivity index is 2.88. The summed E-state index contributed by atoms with van der Waals surface area (Å²) in [6, 6.07) is 0.913. The molecule has 0 spiro atoms. The van der Waals surface area contributed by atoms with Crippen molar-refractivity contribution in [3.63, 3.8) is 0 Å². The van der Waals surface area contributed by atoms with E-state index < -0.39 is 0 Å². The molecule has 0 fully saturated rings. The van der Waals surface area contributed by atoms with Crippen molar-refractivity contribution < 1.29 is 0 Å². The highest BCUT2D eigenvalue weighted by Crippen LogP contribution is 2.30. The molecule has 98 valence electrons. The summed E-state index contributed by atoms with van der Waals surface area (Å²) in [5.74, 6) is 0.646. The highest BCUT2D eigenvalue weighted by Gasteiger charge is 2.22. The molecule has 2 nitrogen and oxygen atoms in total. The maximum Gasteiger partial charge on any atom is 0.110 e. The van der Waals surface area contributed by atoms with Gasteiger partial charge >= 0.3 is 0 Å². The van der Waals surface area contributed by atoms with E-state index in [1.165, 1.54) is 28.4 Å². The molecule has 0 saturated carbocycles. The molecular formula is C14H26N2S. The molecule has 2 unspecified atom stereocenters. The number of nitrogens with one attached hydrogen (secondary N) is 1. The van der Waals surface area contributed by atoms with E-state index in [2.05, 4.69) is 46.9 Å². The lowest BCUT2D eigenvalue weighted by molar-refractivity contribution is 0.339. The first-order chi connectivity index (χ1) is 7.95. The Morgan fingerprint density at radius 2 is 1.88 bits per heavy atom. The van der Waals surface area contributed by atoms with Crippen LogP contribution in [0.3, 0.4) is 0 Å². The van der Waals surface area contributed by atoms with Crippen LogP contribution in [-0.2, 0) is 0 Å². The number of hydrogen-bond donors (Lipinski definition) is 1. The van der Waals surface area contributed by atoms with Crippen LogP contribution >= 0.6 is 11.3 Å². The zero-order chi connectivity index (χ0) is 13.0. The van der Waals surface area contributed by atoms with Crippen LogP contribution in [0.25, 0.3) is 0 Å². The summed E-state index contributed by atoms with van der Waals surface area (Å²) in [7, 11) is 0. The van der Waals surface area contributed by atoms with Crippen LogP contribution in [-0.4, -0.2) is 11.0 Å². The Morgan fingerprint density at radius 3 is 2.29 bits per heavy atom. The number of aryl methyl sites for hydroxylation is 2. The van der Waals surface area contributed by atoms with Crippen molar-refractivity contribution in [1.29, 1.82) is 0 Å². The molecule has 1 N–H and O–H groups in total. The molecule has 1 heterocycles. The molecule has 1 aromatic heterocycles. The van der Waals surface area contributed by atoms with Gasteiger partial charge in [0.1, 0.15) is 5.01 Å². The summed E-state index contributed by atoms with van der Waals surface area (Å²) in [5, 5.41) is 4.93. The molecule has 1 aromatic rings. The Hall–Kier alpha value is -0.410. The second-order valence-electron chi connectivity index (χ2n) is 5.26. The SMILES string of the molecule is CCCC(C)C(NC(C)C)c1nc(C)c(C)s1. The highest BCUT2D eigenvalue weighted by molar-refractivity contribution is 7.11. The summed E-state index contributed by atoms with van der Waals surface area (Å²) in [6.07, 6.45) is 2.49. The van der Waals surface area contributed by atoms with Crippen LogP contribution in [0.15, 0.2) is 0 Å². The standard InChI is InChI=1S/C14H26N2S/c1-7-8-10(4)13(15-9(2)3)14-16-11(5)12(6)17-14/h9-10,13,15H,7-8H2,1-6H3. The Morgan fingerprint density at radius 1 is 1.24 bits per heavy atom. The Bertz CT molecular complexity index is 324. The van der Waals surface area contributed by atoms with Gasteiger partial charge in [-0.25, -0.2) is 4.98 Å². The minimum absolute atomic E-state index is 0.410. The molecule has 0 radical (unpaired) electrons. The largest absolute Gasteiger partial charge is 0.305 e. The van der Waals surface area contributed by atoms with Crippen molar-refractivity contribution in [2.45, 2.75) is 66.5 Å². The third kappa shape index (κ3) is 4.07. The van der Waals surface area contributed by atoms with Gasteiger partial charge in [0.05, 0.1) is 11.7 Å². The van der Waals surface area contributed by atoms with E-state index in [0.717, 1.165) is 0 Å². The highest BCUT2D eigenvalue weighted by atomic mass is 32.1. The van der Waals surface area contributed by atoms with Gasteiger partial charge in [-0.15, -0.1) is 11.3 Å². The smallest absolute Gasteiger partial charge is 0.110 e. The molecule has 0 aliphatic heterocycles. The van der Waals surface area contributed by atoms with Crippen molar-refractivity contribution in [3.05, 3.63) is 15.6 Å². The first-order valence-electron chi connectivity index (χ1n) is 6.65. The van der Waals surface area contributed by atoms with Gasteiger partial charge in [0.15, 0.2) is 0 Å². The van der Waals surface area contributed by atoms with Crippen LogP contribution in [0, 0.1) is 19.8 Å². The van der Waals surface area contributed by atoms with E-state index in [-0.39, 0.29) is 0 Å². The fraction of sp³-hybridized carbons (Fsp3) is 0.786. The van der Waals surface area contributed by atoms with E-state index in [1.54, 1.807) is 0 Å². The van der Waals surface area contributed by atoms with Gasteiger partial charge in [-0.05, 0) is 26.2 Å². The molecule has 0 saturated heterocycles. The van der Waals surface area contributed by atoms with E-state index in [4.69, 9.17) is 4.98 Å². The van der Waals surface area contributed by atoms with Crippen LogP contribution in [0.1, 0.15) is 62.2 Å². The first kappa shape index (κ1) is 14.7. The maximum absolute atomic E-state index is 4.72. The zero-order valence-corrected chi connectivity index (χ0v) is 12.8. The molecule has 0 aliphatic rings. The summed E-state index contributed by atoms with van der Waals surface area (Å²) in [6.45, 7) is 13.3. The van der Waals surface area contributed by atoms with Crippen molar-refractivity contribution in [2.75, 3.05) is 0 Å². The third-order valence-electron chi connectivity index (χ3n) is 3.14. The van der Waals surface area contributed by atoms with Crippen molar-refractivity contribution in [3.8, 4) is 0 Å². The van der Waals surface area contributed by atoms with E-state index in [1.807, 2.05) is 11.3 Å². The van der Waals surface area contributed by atoms with Gasteiger partial charge < -0.3 is 5.32 Å². The van der Waals surface area contributed by atoms with Gasteiger partial charge in [-0.1, -0.05) is 34.1 Å². The topological polar surface area (TPSA) is 24.9 Å². The molecule has 0 aliphatic carbocycles. The Labute approximate surface area is 110 Å². The summed E-state index contributed by atoms with van der Waals surface area (Å²) >= 11 is 1.85. The quantitative estimate of drug-likeness (QED) is 0.821. The second-order valence-corrected chi connectivity index (χ2v) is 6.49. The molecule has 1 rings (SSSR count). The minimum Gasteiger partial charge on any atom is -0.305 e. The van der Waals surface area contributed by atoms with Gasteiger partial charge in [0.25, 0.3) is 0 Å². The number of thiazole rings is 1. The fourth-order valence-corrected chi connectivity index (χ4v) is 3.21. The first-order valence-corrected chi connectivity index (χ1v) is 7.47. The van der Waals surface area contributed by atoms with Gasteiger partial charge in [-0.2, -0.15) is 0 Å². The van der Waals surface area contributed by atoms with Crippen LogP contribution in [0.5, 0.6) is 0 Å². The molecule has 17 heavy (non-hydrogen) atoms. The Kier molecular flexibility index (Phi) is 5.60. The number of hydrogen-bond acceptors (Lipinski definition) is 3. The van der Waals surface area contributed by atoms with Gasteiger partial charge in [0, 0.05) is 10.9 Å². The fourth-order valence-electron chi connectivity index (χ4n) is 2.09. The third-order valence-corrected chi connectivity index (χ3v) is 4.29. The van der Waals surface area contributed by atoms with Gasteiger partial charge in [0.2, 0.25) is 0 Å². The molecule has 3 heteroatoms. The van der Waals surface area contributed by atoms with Crippen molar-refractivity contribution >= 4 is 11.3 Å². The number of nitrogens with zero attached hydrogens (tertiary/aromatic N) is 1. The lowest BCUT2D eigenvalue weighted by Gasteiger charge is -2.25. The lowest BCUT2D eigenvalue weighted by Crippen LogP contribution is -2.32. The number of rotatable bonds is 6. The average molecular weight is 254 g/mol. The van der Waals surface area contributed by atoms with Crippen LogP contribution in [0.4, 0.5) is 0 Å². The second kappa shape index (κ2) is 6.50. The average Bonchev–Trinajstić information content (AvgIpc) is 2.55. The van der Waals surface area contributed by atoms with Crippen LogP contribution in [0.2, 0.25) is 0 Å². The van der Waals surface area contributed by atoms with E-state index in [9.17, 15) is 0 Å². The van der Waals surface area contributed by atoms with E-state index in [0.29, 0.717) is 18.0 Å². The van der Waals surface area contributed by atoms with Crippen molar-refractivity contribution in [2.24, 2.45) is 5.92 Å². The van der Waals surface area contributed by atoms with Crippen LogP contribution < -0.4 is 5.32 Å². The predicted molar refractivity (Wildman–Crippen MR) is 76.7 cm³/mol. The number of aromatic nitrogens is 1. The lowest BCUT2D eigenvalue weighted by atomic mass is 9.96. The molecule has 0 amide bonds. The normalized spacial score (nSPS) is 15.2. The van der Waals surface area contributed by atoms with Gasteiger partial charge in [-0.3, -0.25) is 0 Å². The molecular weight excluding hydrogens is 228 g/mol. The minimum atomic E-state index is 0.410. The zero-order valence-electron chi connectivity index (χ0n) is 12.0. The molecule has 0 bridgehead atoms. The maximum atomic E-state index is 4.72. The summed E-state index contributed by atoms with van der Waals surface area (Å²) < 4.78 is 0. The molecule has 2 atom stereocenters. The van der Waals surface area contributed by atoms with E-state index >= 15 is 0 Å².